The first-order chi connectivity index (χ1) is 10.4. The van der Waals surface area contributed by atoms with Crippen molar-refractivity contribution in [2.24, 2.45) is 0 Å². The van der Waals surface area contributed by atoms with Crippen molar-refractivity contribution in [3.05, 3.63) is 64.1 Å². The molecule has 0 aromatic heterocycles. The van der Waals surface area contributed by atoms with Crippen LogP contribution in [0.5, 0.6) is 0 Å². The highest BCUT2D eigenvalue weighted by molar-refractivity contribution is 9.10. The Bertz CT molecular complexity index is 662. The highest BCUT2D eigenvalue weighted by Gasteiger charge is 2.18. The maximum atomic E-state index is 12.1. The van der Waals surface area contributed by atoms with Crippen molar-refractivity contribution in [2.75, 3.05) is 5.32 Å². The van der Waals surface area contributed by atoms with Gasteiger partial charge in [0.2, 0.25) is 0 Å². The number of hydrogen-bond donors (Lipinski definition) is 2. The summed E-state index contributed by atoms with van der Waals surface area (Å²) in [5.74, 6) is 0. The molecule has 4 heteroatoms. The van der Waals surface area contributed by atoms with E-state index in [2.05, 4.69) is 47.3 Å². The van der Waals surface area contributed by atoms with E-state index in [4.69, 9.17) is 0 Å². The average Bonchev–Trinajstić information content (AvgIpc) is 2.45. The maximum absolute atomic E-state index is 12.1. The van der Waals surface area contributed by atoms with Crippen LogP contribution in [0.25, 0.3) is 0 Å². The molecule has 0 aliphatic heterocycles. The second-order valence-corrected chi connectivity index (χ2v) is 7.15. The van der Waals surface area contributed by atoms with Gasteiger partial charge in [0.25, 0.3) is 0 Å². The van der Waals surface area contributed by atoms with Gasteiger partial charge in [0.05, 0.1) is 0 Å². The minimum Gasteiger partial charge on any atom is -0.334 e. The molecule has 3 nitrogen and oxygen atoms in total. The zero-order chi connectivity index (χ0) is 16.2. The van der Waals surface area contributed by atoms with Crippen LogP contribution < -0.4 is 10.6 Å². The fourth-order valence-electron chi connectivity index (χ4n) is 2.24. The summed E-state index contributed by atoms with van der Waals surface area (Å²) in [7, 11) is 0. The molecule has 0 aliphatic rings. The van der Waals surface area contributed by atoms with E-state index in [-0.39, 0.29) is 11.4 Å². The van der Waals surface area contributed by atoms with Gasteiger partial charge in [-0.15, -0.1) is 0 Å². The van der Waals surface area contributed by atoms with Gasteiger partial charge in [-0.3, -0.25) is 0 Å². The molecule has 0 saturated heterocycles. The summed E-state index contributed by atoms with van der Waals surface area (Å²) >= 11 is 3.43. The number of carbonyl (C=O) groups is 1. The van der Waals surface area contributed by atoms with Gasteiger partial charge >= 0.3 is 6.03 Å². The number of carbonyl (C=O) groups excluding carboxylic acids is 1. The summed E-state index contributed by atoms with van der Waals surface area (Å²) in [4.78, 5) is 12.1. The van der Waals surface area contributed by atoms with Gasteiger partial charge in [-0.25, -0.2) is 4.79 Å². The molecule has 0 fully saturated rings. The molecule has 22 heavy (non-hydrogen) atoms. The lowest BCUT2D eigenvalue weighted by Crippen LogP contribution is -2.29. The van der Waals surface area contributed by atoms with Gasteiger partial charge in [-0.1, -0.05) is 67.0 Å². The third-order valence-electron chi connectivity index (χ3n) is 3.33. The molecule has 0 saturated carbocycles. The van der Waals surface area contributed by atoms with Crippen LogP contribution in [0.4, 0.5) is 10.5 Å². The third-order valence-corrected chi connectivity index (χ3v) is 3.82. The predicted octanol–water partition coefficient (Wildman–Crippen LogP) is 5.07. The molecule has 0 radical (unpaired) electrons. The molecular weight excluding hydrogens is 340 g/mol. The summed E-state index contributed by atoms with van der Waals surface area (Å²) in [6.07, 6.45) is 0. The lowest BCUT2D eigenvalue weighted by atomic mass is 9.86. The quantitative estimate of drug-likeness (QED) is 0.788. The van der Waals surface area contributed by atoms with E-state index in [1.807, 2.05) is 48.5 Å². The number of anilines is 1. The van der Waals surface area contributed by atoms with E-state index in [1.165, 1.54) is 0 Å². The van der Waals surface area contributed by atoms with Crippen molar-refractivity contribution >= 4 is 27.6 Å². The SMILES string of the molecule is CC(C)(C)c1ccccc1NC(=O)NCc1cccc(Br)c1. The minimum absolute atomic E-state index is 0.0197. The first-order valence-electron chi connectivity index (χ1n) is 7.25. The molecule has 2 N–H and O–H groups in total. The highest BCUT2D eigenvalue weighted by Crippen LogP contribution is 2.29. The Morgan fingerprint density at radius 3 is 2.50 bits per heavy atom. The largest absolute Gasteiger partial charge is 0.334 e. The van der Waals surface area contributed by atoms with Gasteiger partial charge in [-0.2, -0.15) is 0 Å². The second kappa shape index (κ2) is 6.97. The Labute approximate surface area is 140 Å². The smallest absolute Gasteiger partial charge is 0.319 e. The Morgan fingerprint density at radius 2 is 1.82 bits per heavy atom. The van der Waals surface area contributed by atoms with Crippen LogP contribution in [0.2, 0.25) is 0 Å². The molecule has 2 aromatic carbocycles. The number of para-hydroxylation sites is 1. The van der Waals surface area contributed by atoms with Crippen LogP contribution in [-0.2, 0) is 12.0 Å². The van der Waals surface area contributed by atoms with Crippen molar-refractivity contribution in [3.8, 4) is 0 Å². The molecule has 2 amide bonds. The van der Waals surface area contributed by atoms with Gasteiger partial charge in [0.15, 0.2) is 0 Å². The van der Waals surface area contributed by atoms with E-state index < -0.39 is 0 Å². The fourth-order valence-corrected chi connectivity index (χ4v) is 2.69. The normalized spacial score (nSPS) is 11.1. The molecule has 0 bridgehead atoms. The summed E-state index contributed by atoms with van der Waals surface area (Å²) < 4.78 is 1.00. The van der Waals surface area contributed by atoms with Crippen LogP contribution in [0, 0.1) is 0 Å². The monoisotopic (exact) mass is 360 g/mol. The Kier molecular flexibility index (Phi) is 5.24. The molecule has 2 aromatic rings. The second-order valence-electron chi connectivity index (χ2n) is 6.23. The number of hydrogen-bond acceptors (Lipinski definition) is 1. The molecule has 0 heterocycles. The van der Waals surface area contributed by atoms with Crippen molar-refractivity contribution in [2.45, 2.75) is 32.7 Å². The van der Waals surface area contributed by atoms with Gasteiger partial charge in [0, 0.05) is 16.7 Å². The average molecular weight is 361 g/mol. The Hall–Kier alpha value is -1.81. The summed E-state index contributed by atoms with van der Waals surface area (Å²) in [6.45, 7) is 6.88. The van der Waals surface area contributed by atoms with Crippen LogP contribution in [0.15, 0.2) is 53.0 Å². The van der Waals surface area contributed by atoms with E-state index in [9.17, 15) is 4.79 Å². The highest BCUT2D eigenvalue weighted by atomic mass is 79.9. The van der Waals surface area contributed by atoms with Crippen molar-refractivity contribution in [1.82, 2.24) is 5.32 Å². The minimum atomic E-state index is -0.198. The van der Waals surface area contributed by atoms with Crippen molar-refractivity contribution in [1.29, 1.82) is 0 Å². The summed E-state index contributed by atoms with van der Waals surface area (Å²) in [6, 6.07) is 15.6. The molecule has 0 unspecified atom stereocenters. The zero-order valence-electron chi connectivity index (χ0n) is 13.1. The lowest BCUT2D eigenvalue weighted by molar-refractivity contribution is 0.251. The maximum Gasteiger partial charge on any atom is 0.319 e. The molecule has 2 rings (SSSR count). The molecule has 0 spiro atoms. The summed E-state index contributed by atoms with van der Waals surface area (Å²) in [5.41, 5.74) is 3.00. The van der Waals surface area contributed by atoms with Crippen LogP contribution >= 0.6 is 15.9 Å². The topological polar surface area (TPSA) is 41.1 Å². The van der Waals surface area contributed by atoms with E-state index in [0.717, 1.165) is 21.3 Å². The number of rotatable bonds is 3. The number of urea groups is 1. The number of nitrogens with one attached hydrogen (secondary N) is 2. The standard InChI is InChI=1S/C18H21BrN2O/c1-18(2,3)15-9-4-5-10-16(15)21-17(22)20-12-13-7-6-8-14(19)11-13/h4-11H,12H2,1-3H3,(H2,20,21,22). The molecule has 0 atom stereocenters. The Morgan fingerprint density at radius 1 is 1.09 bits per heavy atom. The van der Waals surface area contributed by atoms with Gasteiger partial charge < -0.3 is 10.6 Å². The zero-order valence-corrected chi connectivity index (χ0v) is 14.7. The third kappa shape index (κ3) is 4.60. The number of halogens is 1. The molecule has 116 valence electrons. The van der Waals surface area contributed by atoms with Gasteiger partial charge in [0.1, 0.15) is 0 Å². The Balaban J connectivity index is 2.01. The molecule has 0 aliphatic carbocycles. The number of amides is 2. The van der Waals surface area contributed by atoms with Crippen molar-refractivity contribution in [3.63, 3.8) is 0 Å². The van der Waals surface area contributed by atoms with E-state index in [1.54, 1.807) is 0 Å². The first kappa shape index (κ1) is 16.6. The first-order valence-corrected chi connectivity index (χ1v) is 8.04. The lowest BCUT2D eigenvalue weighted by Gasteiger charge is -2.23. The number of benzene rings is 2. The summed E-state index contributed by atoms with van der Waals surface area (Å²) in [5, 5.41) is 5.82. The van der Waals surface area contributed by atoms with Gasteiger partial charge in [-0.05, 0) is 34.7 Å². The fraction of sp³-hybridized carbons (Fsp3) is 0.278. The van der Waals surface area contributed by atoms with Crippen molar-refractivity contribution < 1.29 is 4.79 Å². The predicted molar refractivity (Wildman–Crippen MR) is 95.1 cm³/mol. The molecular formula is C18H21BrN2O. The van der Waals surface area contributed by atoms with Crippen LogP contribution in [0.1, 0.15) is 31.9 Å². The van der Waals surface area contributed by atoms with Crippen LogP contribution in [0.3, 0.4) is 0 Å². The van der Waals surface area contributed by atoms with Crippen LogP contribution in [-0.4, -0.2) is 6.03 Å². The van der Waals surface area contributed by atoms with E-state index >= 15 is 0 Å². The van der Waals surface area contributed by atoms with E-state index in [0.29, 0.717) is 6.54 Å².